The minimum Gasteiger partial charge on any atom is -0.369 e. The van der Waals surface area contributed by atoms with Crippen LogP contribution in [0.1, 0.15) is 17.0 Å². The molecule has 2 aromatic heterocycles. The highest BCUT2D eigenvalue weighted by atomic mass is 15.2. The maximum atomic E-state index is 9.09. The van der Waals surface area contributed by atoms with Gasteiger partial charge in [-0.2, -0.15) is 5.26 Å². The Balaban J connectivity index is 2.10. The van der Waals surface area contributed by atoms with Gasteiger partial charge in [0.2, 0.25) is 5.95 Å². The van der Waals surface area contributed by atoms with Gasteiger partial charge in [-0.25, -0.2) is 4.98 Å². The van der Waals surface area contributed by atoms with Gasteiger partial charge in [0.05, 0.1) is 35.2 Å². The van der Waals surface area contributed by atoms with Gasteiger partial charge in [-0.1, -0.05) is 6.07 Å². The van der Waals surface area contributed by atoms with Gasteiger partial charge < -0.3 is 10.3 Å². The van der Waals surface area contributed by atoms with Crippen molar-refractivity contribution >= 4 is 17.0 Å². The lowest BCUT2D eigenvalue weighted by Gasteiger charge is -2.05. The summed E-state index contributed by atoms with van der Waals surface area (Å²) in [5, 5.41) is 9.09. The first-order valence-corrected chi connectivity index (χ1v) is 6.11. The molecule has 0 aliphatic rings. The monoisotopic (exact) mass is 264 g/mol. The van der Waals surface area contributed by atoms with Gasteiger partial charge in [0.1, 0.15) is 11.6 Å². The second-order valence-corrected chi connectivity index (χ2v) is 4.49. The van der Waals surface area contributed by atoms with Crippen LogP contribution in [0.4, 0.5) is 5.95 Å². The highest BCUT2D eigenvalue weighted by Gasteiger charge is 2.12. The quantitative estimate of drug-likeness (QED) is 0.759. The van der Waals surface area contributed by atoms with Gasteiger partial charge in [0.15, 0.2) is 0 Å². The maximum absolute atomic E-state index is 9.09. The zero-order chi connectivity index (χ0) is 14.1. The number of rotatable bonds is 2. The number of nitrogens with zero attached hydrogens (tertiary/aromatic N) is 5. The normalized spacial score (nSPS) is 10.6. The first-order chi connectivity index (χ1) is 9.69. The molecular formula is C14H12N6. The molecule has 0 unspecified atom stereocenters. The predicted molar refractivity (Wildman–Crippen MR) is 74.7 cm³/mol. The Labute approximate surface area is 115 Å². The molecule has 0 aliphatic heterocycles. The summed E-state index contributed by atoms with van der Waals surface area (Å²) in [6.45, 7) is 2.36. The van der Waals surface area contributed by atoms with Crippen molar-refractivity contribution in [3.63, 3.8) is 0 Å². The molecule has 2 N–H and O–H groups in total. The number of imidazole rings is 1. The van der Waals surface area contributed by atoms with E-state index >= 15 is 0 Å². The summed E-state index contributed by atoms with van der Waals surface area (Å²) in [6.07, 6.45) is 3.43. The van der Waals surface area contributed by atoms with Crippen molar-refractivity contribution in [3.05, 3.63) is 47.5 Å². The number of nitrogen functional groups attached to an aromatic ring is 1. The molecule has 0 saturated heterocycles. The zero-order valence-electron chi connectivity index (χ0n) is 10.9. The molecule has 6 nitrogen and oxygen atoms in total. The number of nitrogens with two attached hydrogens (primary N) is 1. The van der Waals surface area contributed by atoms with Crippen LogP contribution in [0.15, 0.2) is 30.6 Å². The van der Waals surface area contributed by atoms with E-state index in [-0.39, 0.29) is 0 Å². The van der Waals surface area contributed by atoms with Crippen LogP contribution >= 0.6 is 0 Å². The third-order valence-corrected chi connectivity index (χ3v) is 3.08. The van der Waals surface area contributed by atoms with E-state index in [0.29, 0.717) is 23.6 Å². The molecule has 0 fully saturated rings. The number of hydrogen-bond acceptors (Lipinski definition) is 5. The number of fused-ring (bicyclic) bond motifs is 1. The largest absolute Gasteiger partial charge is 0.369 e. The average molecular weight is 264 g/mol. The summed E-state index contributed by atoms with van der Waals surface area (Å²) >= 11 is 0. The third-order valence-electron chi connectivity index (χ3n) is 3.08. The Hall–Kier alpha value is -2.94. The Morgan fingerprint density at radius 2 is 2.15 bits per heavy atom. The van der Waals surface area contributed by atoms with E-state index in [0.717, 1.165) is 16.9 Å². The van der Waals surface area contributed by atoms with Crippen LogP contribution in [-0.2, 0) is 6.54 Å². The summed E-state index contributed by atoms with van der Waals surface area (Å²) in [4.78, 5) is 12.8. The summed E-state index contributed by atoms with van der Waals surface area (Å²) in [7, 11) is 0. The second kappa shape index (κ2) is 4.63. The molecule has 98 valence electrons. The fraction of sp³-hybridized carbons (Fsp3) is 0.143. The number of para-hydroxylation sites is 1. The molecule has 20 heavy (non-hydrogen) atoms. The second-order valence-electron chi connectivity index (χ2n) is 4.49. The highest BCUT2D eigenvalue weighted by Crippen LogP contribution is 2.21. The van der Waals surface area contributed by atoms with E-state index in [1.165, 1.54) is 0 Å². The Morgan fingerprint density at radius 3 is 2.85 bits per heavy atom. The molecule has 1 aromatic carbocycles. The van der Waals surface area contributed by atoms with Crippen molar-refractivity contribution in [2.24, 2.45) is 0 Å². The lowest BCUT2D eigenvalue weighted by atomic mass is 10.2. The molecule has 0 radical (unpaired) electrons. The van der Waals surface area contributed by atoms with Gasteiger partial charge in [-0.3, -0.25) is 9.97 Å². The van der Waals surface area contributed by atoms with E-state index in [1.54, 1.807) is 18.5 Å². The Morgan fingerprint density at radius 1 is 1.30 bits per heavy atom. The van der Waals surface area contributed by atoms with Gasteiger partial charge in [-0.05, 0) is 19.1 Å². The van der Waals surface area contributed by atoms with Crippen LogP contribution in [-0.4, -0.2) is 19.5 Å². The molecule has 0 saturated carbocycles. The smallest absolute Gasteiger partial charge is 0.201 e. The van der Waals surface area contributed by atoms with E-state index in [1.807, 2.05) is 23.6 Å². The molecule has 0 bridgehead atoms. The summed E-state index contributed by atoms with van der Waals surface area (Å²) in [5.74, 6) is 0.366. The molecule has 6 heteroatoms. The standard InChI is InChI=1S/C14H12N6/c1-9-6-18-11(7-17-9)8-20-12-4-2-3-10(5-15)13(12)19-14(20)16/h2-4,6-7H,8H2,1H3,(H2,16,19). The van der Waals surface area contributed by atoms with Crippen LogP contribution in [0.2, 0.25) is 0 Å². The topological polar surface area (TPSA) is 93.4 Å². The SMILES string of the molecule is Cc1cnc(Cn2c(N)nc3c(C#N)cccc32)cn1. The van der Waals surface area contributed by atoms with Gasteiger partial charge in [0, 0.05) is 6.20 Å². The van der Waals surface area contributed by atoms with E-state index in [4.69, 9.17) is 11.0 Å². The molecule has 2 heterocycles. The summed E-state index contributed by atoms with van der Waals surface area (Å²) < 4.78 is 1.83. The molecule has 3 aromatic rings. The first-order valence-electron chi connectivity index (χ1n) is 6.11. The van der Waals surface area contributed by atoms with Gasteiger partial charge >= 0.3 is 0 Å². The zero-order valence-corrected chi connectivity index (χ0v) is 10.9. The van der Waals surface area contributed by atoms with Crippen molar-refractivity contribution in [1.29, 1.82) is 5.26 Å². The van der Waals surface area contributed by atoms with E-state index in [2.05, 4.69) is 21.0 Å². The maximum Gasteiger partial charge on any atom is 0.201 e. The van der Waals surface area contributed by atoms with Crippen LogP contribution in [0.5, 0.6) is 0 Å². The summed E-state index contributed by atoms with van der Waals surface area (Å²) in [6, 6.07) is 7.56. The lowest BCUT2D eigenvalue weighted by Crippen LogP contribution is -2.06. The number of aryl methyl sites for hydroxylation is 1. The molecule has 0 amide bonds. The Bertz CT molecular complexity index is 810. The van der Waals surface area contributed by atoms with Gasteiger partial charge in [0.25, 0.3) is 0 Å². The molecule has 0 aliphatic carbocycles. The molecular weight excluding hydrogens is 252 g/mol. The predicted octanol–water partition coefficient (Wildman–Crippen LogP) is 1.64. The minimum atomic E-state index is 0.366. The third kappa shape index (κ3) is 1.95. The minimum absolute atomic E-state index is 0.366. The van der Waals surface area contributed by atoms with Crippen molar-refractivity contribution < 1.29 is 0 Å². The Kier molecular flexibility index (Phi) is 2.80. The fourth-order valence-corrected chi connectivity index (χ4v) is 2.08. The number of nitriles is 1. The van der Waals surface area contributed by atoms with Crippen LogP contribution in [0.25, 0.3) is 11.0 Å². The van der Waals surface area contributed by atoms with E-state index < -0.39 is 0 Å². The van der Waals surface area contributed by atoms with Crippen LogP contribution < -0.4 is 5.73 Å². The van der Waals surface area contributed by atoms with Crippen LogP contribution in [0, 0.1) is 18.3 Å². The van der Waals surface area contributed by atoms with Crippen molar-refractivity contribution in [2.75, 3.05) is 5.73 Å². The highest BCUT2D eigenvalue weighted by molar-refractivity contribution is 5.84. The molecule has 0 spiro atoms. The number of aromatic nitrogens is 4. The average Bonchev–Trinajstić information content (AvgIpc) is 2.77. The number of anilines is 1. The van der Waals surface area contributed by atoms with Gasteiger partial charge in [-0.15, -0.1) is 0 Å². The fourth-order valence-electron chi connectivity index (χ4n) is 2.08. The van der Waals surface area contributed by atoms with Crippen LogP contribution in [0.3, 0.4) is 0 Å². The number of hydrogen-bond donors (Lipinski definition) is 1. The first kappa shape index (κ1) is 12.1. The number of benzene rings is 1. The molecule has 0 atom stereocenters. The van der Waals surface area contributed by atoms with Crippen molar-refractivity contribution in [2.45, 2.75) is 13.5 Å². The summed E-state index contributed by atoms with van der Waals surface area (Å²) in [5.41, 5.74) is 9.57. The van der Waals surface area contributed by atoms with E-state index in [9.17, 15) is 0 Å². The lowest BCUT2D eigenvalue weighted by molar-refractivity contribution is 0.798. The molecule has 3 rings (SSSR count). The van der Waals surface area contributed by atoms with Crippen molar-refractivity contribution in [3.8, 4) is 6.07 Å². The van der Waals surface area contributed by atoms with Crippen molar-refractivity contribution in [1.82, 2.24) is 19.5 Å².